The van der Waals surface area contributed by atoms with Crippen LogP contribution in [0.4, 0.5) is 9.18 Å². The quantitative estimate of drug-likeness (QED) is 0.142. The maximum absolute atomic E-state index is 13.6. The van der Waals surface area contributed by atoms with E-state index in [1.165, 1.54) is 12.1 Å². The molecule has 1 unspecified atom stereocenters. The molecule has 10 nitrogen and oxygen atoms in total. The number of hydrogen-bond acceptors (Lipinski definition) is 8. The van der Waals surface area contributed by atoms with Gasteiger partial charge in [0.25, 0.3) is 0 Å². The van der Waals surface area contributed by atoms with Crippen molar-refractivity contribution in [3.05, 3.63) is 71.5 Å². The lowest BCUT2D eigenvalue weighted by Gasteiger charge is -2.22. The summed E-state index contributed by atoms with van der Waals surface area (Å²) in [4.78, 5) is 38.0. The number of alkyl carbamates (subject to hydrolysis) is 1. The summed E-state index contributed by atoms with van der Waals surface area (Å²) in [6.07, 6.45) is 1.10. The van der Waals surface area contributed by atoms with E-state index in [4.69, 9.17) is 13.8 Å². The molecule has 12 heteroatoms. The highest BCUT2D eigenvalue weighted by atomic mass is 31.2. The van der Waals surface area contributed by atoms with E-state index in [-0.39, 0.29) is 57.6 Å². The zero-order valence-corrected chi connectivity index (χ0v) is 25.2. The van der Waals surface area contributed by atoms with Crippen molar-refractivity contribution in [2.45, 2.75) is 71.1 Å². The number of Topliss-reactive ketones (excluding diaryl/α,β-unsaturated/α-hetero) is 1. The third-order valence-electron chi connectivity index (χ3n) is 6.23. The number of carbonyl (C=O) groups is 3. The van der Waals surface area contributed by atoms with Gasteiger partial charge in [0, 0.05) is 6.42 Å². The monoisotopic (exact) mass is 608 g/mol. The van der Waals surface area contributed by atoms with Gasteiger partial charge in [0.15, 0.2) is 0 Å². The van der Waals surface area contributed by atoms with Crippen molar-refractivity contribution in [3.8, 4) is 0 Å². The highest BCUT2D eigenvalue weighted by Gasteiger charge is 2.27. The van der Waals surface area contributed by atoms with E-state index in [1.807, 2.05) is 18.2 Å². The molecule has 3 N–H and O–H groups in total. The fourth-order valence-corrected chi connectivity index (χ4v) is 5.89. The van der Waals surface area contributed by atoms with Gasteiger partial charge in [-0.25, -0.2) is 9.18 Å². The number of amides is 2. The molecule has 2 atom stereocenters. The molecule has 0 aliphatic rings. The first-order chi connectivity index (χ1) is 20.2. The van der Waals surface area contributed by atoms with E-state index in [0.29, 0.717) is 24.8 Å². The van der Waals surface area contributed by atoms with Gasteiger partial charge in [-0.2, -0.15) is 0 Å². The van der Waals surface area contributed by atoms with Crippen LogP contribution in [-0.2, 0) is 41.0 Å². The second-order valence-corrected chi connectivity index (χ2v) is 11.8. The molecule has 0 aliphatic heterocycles. The Morgan fingerprint density at radius 3 is 2.26 bits per heavy atom. The Morgan fingerprint density at radius 1 is 0.929 bits per heavy atom. The summed E-state index contributed by atoms with van der Waals surface area (Å²) in [6.45, 7) is 3.34. The Hall–Kier alpha value is -3.11. The van der Waals surface area contributed by atoms with Crippen LogP contribution in [0.3, 0.4) is 0 Å². The van der Waals surface area contributed by atoms with Gasteiger partial charge < -0.3 is 29.5 Å². The predicted octanol–water partition coefficient (Wildman–Crippen LogP) is 4.93. The van der Waals surface area contributed by atoms with Gasteiger partial charge in [0.2, 0.25) is 5.91 Å². The summed E-state index contributed by atoms with van der Waals surface area (Å²) in [5, 5.41) is 15.2. The van der Waals surface area contributed by atoms with Crippen molar-refractivity contribution >= 4 is 25.4 Å². The lowest BCUT2D eigenvalue weighted by Crippen LogP contribution is -2.51. The predicted molar refractivity (Wildman–Crippen MR) is 156 cm³/mol. The Morgan fingerprint density at radius 2 is 1.62 bits per heavy atom. The number of halogens is 1. The summed E-state index contributed by atoms with van der Waals surface area (Å²) < 4.78 is 41.8. The van der Waals surface area contributed by atoms with Crippen molar-refractivity contribution in [1.29, 1.82) is 0 Å². The van der Waals surface area contributed by atoms with Crippen molar-refractivity contribution in [2.75, 3.05) is 26.0 Å². The average Bonchev–Trinajstić information content (AvgIpc) is 2.95. The highest BCUT2D eigenvalue weighted by Crippen LogP contribution is 2.48. The molecular weight excluding hydrogens is 566 g/mol. The van der Waals surface area contributed by atoms with Gasteiger partial charge in [0.1, 0.15) is 30.4 Å². The van der Waals surface area contributed by atoms with E-state index in [1.54, 1.807) is 38.1 Å². The number of hydrogen-bond donors (Lipinski definition) is 3. The number of benzene rings is 2. The van der Waals surface area contributed by atoms with Gasteiger partial charge in [-0.05, 0) is 56.4 Å². The molecule has 0 aromatic heterocycles. The number of ketones is 1. The Labute approximate surface area is 246 Å². The Bertz CT molecular complexity index is 1160. The molecule has 2 rings (SSSR count). The Balaban J connectivity index is 1.93. The van der Waals surface area contributed by atoms with Crippen LogP contribution in [0.1, 0.15) is 57.1 Å². The number of nitrogens with one attached hydrogen (secondary N) is 2. The topological polar surface area (TPSA) is 140 Å². The Kier molecular flexibility index (Phi) is 16.0. The minimum absolute atomic E-state index is 0.0231. The first-order valence-corrected chi connectivity index (χ1v) is 15.9. The molecule has 2 amide bonds. The first-order valence-electron chi connectivity index (χ1n) is 14.2. The minimum Gasteiger partial charge on any atom is -0.445 e. The summed E-state index contributed by atoms with van der Waals surface area (Å²) in [5.74, 6) is -1.18. The molecule has 232 valence electrons. The number of aliphatic hydroxyl groups excluding tert-OH is 1. The molecule has 42 heavy (non-hydrogen) atoms. The maximum Gasteiger partial charge on any atom is 0.408 e. The van der Waals surface area contributed by atoms with Crippen molar-refractivity contribution in [1.82, 2.24) is 10.6 Å². The van der Waals surface area contributed by atoms with Gasteiger partial charge in [-0.15, -0.1) is 0 Å². The van der Waals surface area contributed by atoms with Crippen LogP contribution in [0.15, 0.2) is 54.6 Å². The first kappa shape index (κ1) is 35.1. The molecule has 0 radical (unpaired) electrons. The van der Waals surface area contributed by atoms with Crippen LogP contribution in [0.2, 0.25) is 0 Å². The van der Waals surface area contributed by atoms with Crippen LogP contribution in [0.5, 0.6) is 0 Å². The molecule has 2 aromatic carbocycles. The van der Waals surface area contributed by atoms with Crippen LogP contribution in [-0.4, -0.2) is 61.0 Å². The van der Waals surface area contributed by atoms with Crippen LogP contribution in [0, 0.1) is 5.82 Å². The van der Waals surface area contributed by atoms with E-state index >= 15 is 0 Å². The molecule has 2 aromatic rings. The van der Waals surface area contributed by atoms with Crippen molar-refractivity contribution < 1.29 is 42.2 Å². The third-order valence-corrected chi connectivity index (χ3v) is 8.27. The van der Waals surface area contributed by atoms with Crippen molar-refractivity contribution in [2.24, 2.45) is 0 Å². The number of ether oxygens (including phenoxy) is 1. The molecule has 0 saturated carbocycles. The molecule has 0 saturated heterocycles. The van der Waals surface area contributed by atoms with Gasteiger partial charge >= 0.3 is 13.7 Å². The molecule has 0 bridgehead atoms. The molecule has 0 spiro atoms. The number of unbranched alkanes of at least 4 members (excludes halogenated alkanes) is 2. The summed E-state index contributed by atoms with van der Waals surface area (Å²) >= 11 is 0. The lowest BCUT2D eigenvalue weighted by molar-refractivity contribution is -0.124. The fourth-order valence-electron chi connectivity index (χ4n) is 4.25. The van der Waals surface area contributed by atoms with E-state index in [9.17, 15) is 28.4 Å². The smallest absolute Gasteiger partial charge is 0.408 e. The zero-order valence-electron chi connectivity index (χ0n) is 24.3. The molecule has 0 aliphatic carbocycles. The fraction of sp³-hybridized carbons (Fsp3) is 0.500. The largest absolute Gasteiger partial charge is 0.445 e. The van der Waals surface area contributed by atoms with Gasteiger partial charge in [0.05, 0.1) is 25.9 Å². The van der Waals surface area contributed by atoms with E-state index in [2.05, 4.69) is 10.6 Å². The SMILES string of the molecule is CCOP(=O)(CC(=O)CCCCCC(NC(=O)OCc1ccccc1)C(=O)N[C@H](CO)Cc1cccc(F)c1)OCC. The number of carbonyl (C=O) groups excluding carboxylic acids is 3. The summed E-state index contributed by atoms with van der Waals surface area (Å²) in [6, 6.07) is 13.3. The summed E-state index contributed by atoms with van der Waals surface area (Å²) in [5.41, 5.74) is 1.39. The molecular formula is C30H42FN2O8P. The van der Waals surface area contributed by atoms with Gasteiger partial charge in [-0.1, -0.05) is 55.3 Å². The third kappa shape index (κ3) is 13.7. The van der Waals surface area contributed by atoms with Gasteiger partial charge in [-0.3, -0.25) is 14.2 Å². The highest BCUT2D eigenvalue weighted by molar-refractivity contribution is 7.54. The van der Waals surface area contributed by atoms with E-state index in [0.717, 1.165) is 5.56 Å². The molecule has 0 heterocycles. The normalized spacial score (nSPS) is 12.8. The lowest BCUT2D eigenvalue weighted by atomic mass is 10.0. The zero-order chi connectivity index (χ0) is 30.8. The van der Waals surface area contributed by atoms with Crippen LogP contribution < -0.4 is 10.6 Å². The second kappa shape index (κ2) is 19.2. The minimum atomic E-state index is -3.45. The van der Waals surface area contributed by atoms with Crippen LogP contribution in [0.25, 0.3) is 0 Å². The number of aliphatic hydroxyl groups is 1. The number of rotatable bonds is 20. The molecule has 0 fully saturated rings. The average molecular weight is 609 g/mol. The van der Waals surface area contributed by atoms with E-state index < -0.39 is 37.5 Å². The standard InChI is InChI=1S/C30H42FN2O8P/c1-3-40-42(38,41-4-2)22-27(35)16-9-6-10-17-28(33-30(37)39-21-23-12-7-5-8-13-23)29(36)32-26(20-34)19-24-14-11-15-25(31)18-24/h5,7-8,11-15,18,26,28,34H,3-4,6,9-10,16-17,19-22H2,1-2H3,(H,32,36)(H,33,37)/t26-,28?/m0/s1. The summed E-state index contributed by atoms with van der Waals surface area (Å²) in [7, 11) is -3.45. The second-order valence-electron chi connectivity index (χ2n) is 9.72. The maximum atomic E-state index is 13.6. The van der Waals surface area contributed by atoms with Crippen molar-refractivity contribution in [3.63, 3.8) is 0 Å². The van der Waals surface area contributed by atoms with Crippen LogP contribution >= 0.6 is 7.60 Å².